The minimum Gasteiger partial charge on any atom is -0.496 e. The van der Waals surface area contributed by atoms with Crippen molar-refractivity contribution >= 4 is 11.9 Å². The second-order valence-corrected chi connectivity index (χ2v) is 9.98. The van der Waals surface area contributed by atoms with E-state index in [1.165, 1.54) is 31.4 Å². The summed E-state index contributed by atoms with van der Waals surface area (Å²) in [5.74, 6) is 0.0747. The Morgan fingerprint density at radius 1 is 1.03 bits per heavy atom. The lowest BCUT2D eigenvalue weighted by atomic mass is 9.99. The molecule has 8 nitrogen and oxygen atoms in total. The third-order valence-electron chi connectivity index (χ3n) is 7.41. The van der Waals surface area contributed by atoms with E-state index in [9.17, 15) is 14.4 Å². The van der Waals surface area contributed by atoms with Gasteiger partial charge in [0, 0.05) is 50.9 Å². The summed E-state index contributed by atoms with van der Waals surface area (Å²) < 4.78 is 12.2. The lowest BCUT2D eigenvalue weighted by Gasteiger charge is -2.34. The fourth-order valence-electron chi connectivity index (χ4n) is 5.31. The van der Waals surface area contributed by atoms with Crippen LogP contribution in [0.1, 0.15) is 66.2 Å². The van der Waals surface area contributed by atoms with E-state index in [2.05, 4.69) is 43.0 Å². The van der Waals surface area contributed by atoms with Crippen LogP contribution in [0.2, 0.25) is 0 Å². The van der Waals surface area contributed by atoms with E-state index in [0.29, 0.717) is 56.2 Å². The first-order chi connectivity index (χ1) is 17.3. The lowest BCUT2D eigenvalue weighted by Crippen LogP contribution is -2.49. The van der Waals surface area contributed by atoms with E-state index in [-0.39, 0.29) is 17.2 Å². The normalized spacial score (nSPS) is 18.5. The highest BCUT2D eigenvalue weighted by Crippen LogP contribution is 2.28. The summed E-state index contributed by atoms with van der Waals surface area (Å²) in [6.07, 6.45) is 2.79. The zero-order valence-electron chi connectivity index (χ0n) is 21.8. The highest BCUT2D eigenvalue weighted by atomic mass is 16.5. The number of benzene rings is 1. The Morgan fingerprint density at radius 2 is 1.78 bits per heavy atom. The Labute approximate surface area is 212 Å². The van der Waals surface area contributed by atoms with Crippen molar-refractivity contribution in [1.82, 2.24) is 14.4 Å². The van der Waals surface area contributed by atoms with Gasteiger partial charge < -0.3 is 18.9 Å². The molecule has 2 aromatic rings. The molecule has 1 atom stereocenters. The van der Waals surface area contributed by atoms with Crippen LogP contribution in [-0.2, 0) is 29.0 Å². The Balaban J connectivity index is 1.61. The molecule has 0 saturated carbocycles. The highest BCUT2D eigenvalue weighted by molar-refractivity contribution is 6.00. The number of carbonyl (C=O) groups is 2. The summed E-state index contributed by atoms with van der Waals surface area (Å²) in [7, 11) is 2.82. The Morgan fingerprint density at radius 3 is 2.44 bits per heavy atom. The SMILES string of the molecule is COC(=O)[C@H]1CCCCN1C(=O)c1c(OC)cc(=O)n2c1CCN(Cc1ccc(C(C)C)cc1)CC2. The molecule has 2 aliphatic heterocycles. The van der Waals surface area contributed by atoms with Gasteiger partial charge in [-0.05, 0) is 36.3 Å². The summed E-state index contributed by atoms with van der Waals surface area (Å²) in [5, 5.41) is 0. The molecule has 1 fully saturated rings. The van der Waals surface area contributed by atoms with Crippen molar-refractivity contribution in [3.8, 4) is 5.75 Å². The van der Waals surface area contributed by atoms with Gasteiger partial charge in [0.15, 0.2) is 0 Å². The van der Waals surface area contributed by atoms with E-state index in [1.54, 1.807) is 9.47 Å². The molecule has 1 amide bonds. The van der Waals surface area contributed by atoms with Crippen molar-refractivity contribution in [3.63, 3.8) is 0 Å². The first-order valence-corrected chi connectivity index (χ1v) is 12.8. The number of fused-ring (bicyclic) bond motifs is 1. The first-order valence-electron chi connectivity index (χ1n) is 12.8. The molecule has 1 aromatic heterocycles. The Bertz CT molecular complexity index is 1160. The fourth-order valence-corrected chi connectivity index (χ4v) is 5.31. The number of nitrogens with zero attached hydrogens (tertiary/aromatic N) is 3. The third-order valence-corrected chi connectivity index (χ3v) is 7.41. The van der Waals surface area contributed by atoms with Crippen molar-refractivity contribution in [1.29, 1.82) is 0 Å². The number of carbonyl (C=O) groups excluding carboxylic acids is 2. The van der Waals surface area contributed by atoms with Crippen molar-refractivity contribution in [2.45, 2.75) is 64.6 Å². The number of hydrogen-bond acceptors (Lipinski definition) is 6. The second-order valence-electron chi connectivity index (χ2n) is 9.98. The lowest BCUT2D eigenvalue weighted by molar-refractivity contribution is -0.147. The molecular formula is C28H37N3O5. The van der Waals surface area contributed by atoms with E-state index >= 15 is 0 Å². The molecule has 1 aromatic carbocycles. The fraction of sp³-hybridized carbons (Fsp3) is 0.536. The summed E-state index contributed by atoms with van der Waals surface area (Å²) >= 11 is 0. The van der Waals surface area contributed by atoms with E-state index in [0.717, 1.165) is 19.4 Å². The zero-order valence-corrected chi connectivity index (χ0v) is 21.8. The van der Waals surface area contributed by atoms with Crippen molar-refractivity contribution < 1.29 is 19.1 Å². The molecule has 0 radical (unpaired) electrons. The molecule has 0 bridgehead atoms. The van der Waals surface area contributed by atoms with E-state index in [1.807, 2.05) is 0 Å². The Hall–Kier alpha value is -3.13. The first kappa shape index (κ1) is 25.9. The predicted octanol–water partition coefficient (Wildman–Crippen LogP) is 3.21. The maximum Gasteiger partial charge on any atom is 0.328 e. The van der Waals surface area contributed by atoms with Gasteiger partial charge in [-0.15, -0.1) is 0 Å². The van der Waals surface area contributed by atoms with Gasteiger partial charge in [-0.2, -0.15) is 0 Å². The van der Waals surface area contributed by atoms with Gasteiger partial charge in [0.2, 0.25) is 0 Å². The number of pyridine rings is 1. The maximum absolute atomic E-state index is 13.9. The van der Waals surface area contributed by atoms with Crippen LogP contribution in [0.4, 0.5) is 0 Å². The second kappa shape index (κ2) is 11.3. The molecule has 36 heavy (non-hydrogen) atoms. The molecular weight excluding hydrogens is 458 g/mol. The standard InChI is InChI=1S/C28H37N3O5/c1-19(2)21-10-8-20(9-11-21)18-29-14-12-22-26(24(35-3)17-25(32)30(22)16-15-29)27(33)31-13-6-5-7-23(31)28(34)36-4/h8-11,17,19,23H,5-7,12-16,18H2,1-4H3/t23-/m1/s1. The number of methoxy groups -OCH3 is 2. The van der Waals surface area contributed by atoms with Crippen LogP contribution >= 0.6 is 0 Å². The van der Waals surface area contributed by atoms with Gasteiger partial charge in [0.05, 0.1) is 14.2 Å². The topological polar surface area (TPSA) is 81.1 Å². The largest absolute Gasteiger partial charge is 0.496 e. The maximum atomic E-state index is 13.9. The molecule has 0 spiro atoms. The molecule has 0 aliphatic carbocycles. The molecule has 4 rings (SSSR count). The van der Waals surface area contributed by atoms with Crippen molar-refractivity contribution in [3.05, 3.63) is 63.1 Å². The molecule has 1 saturated heterocycles. The van der Waals surface area contributed by atoms with Crippen LogP contribution < -0.4 is 10.3 Å². The van der Waals surface area contributed by atoms with Crippen molar-refractivity contribution in [2.75, 3.05) is 33.9 Å². The summed E-state index contributed by atoms with van der Waals surface area (Å²) in [4.78, 5) is 43.2. The number of amides is 1. The van der Waals surface area contributed by atoms with Gasteiger partial charge in [-0.3, -0.25) is 14.5 Å². The highest BCUT2D eigenvalue weighted by Gasteiger charge is 2.36. The smallest absolute Gasteiger partial charge is 0.328 e. The Kier molecular flexibility index (Phi) is 8.14. The summed E-state index contributed by atoms with van der Waals surface area (Å²) in [5.41, 5.74) is 3.42. The number of rotatable bonds is 6. The van der Waals surface area contributed by atoms with E-state index < -0.39 is 12.0 Å². The quantitative estimate of drug-likeness (QED) is 0.573. The minimum absolute atomic E-state index is 0.176. The number of hydrogen-bond donors (Lipinski definition) is 0. The molecule has 3 heterocycles. The van der Waals surface area contributed by atoms with Crippen LogP contribution in [-0.4, -0.2) is 66.1 Å². The average Bonchev–Trinajstić information content (AvgIpc) is 3.11. The van der Waals surface area contributed by atoms with Crippen LogP contribution in [0.25, 0.3) is 0 Å². The van der Waals surface area contributed by atoms with Crippen molar-refractivity contribution in [2.24, 2.45) is 0 Å². The van der Waals surface area contributed by atoms with Gasteiger partial charge in [0.25, 0.3) is 11.5 Å². The number of likely N-dealkylation sites (tertiary alicyclic amines) is 1. The van der Waals surface area contributed by atoms with Crippen LogP contribution in [0, 0.1) is 0 Å². The summed E-state index contributed by atoms with van der Waals surface area (Å²) in [6, 6.07) is 9.46. The molecule has 0 unspecified atom stereocenters. The number of piperidine rings is 1. The van der Waals surface area contributed by atoms with Gasteiger partial charge >= 0.3 is 5.97 Å². The number of esters is 1. The monoisotopic (exact) mass is 495 g/mol. The minimum atomic E-state index is -0.621. The zero-order chi connectivity index (χ0) is 25.8. The van der Waals surface area contributed by atoms with Crippen LogP contribution in [0.3, 0.4) is 0 Å². The van der Waals surface area contributed by atoms with Gasteiger partial charge in [0.1, 0.15) is 17.4 Å². The number of ether oxygens (including phenoxy) is 2. The van der Waals surface area contributed by atoms with Gasteiger partial charge in [-0.1, -0.05) is 38.1 Å². The molecule has 194 valence electrons. The van der Waals surface area contributed by atoms with Crippen LogP contribution in [0.5, 0.6) is 5.75 Å². The number of aromatic nitrogens is 1. The molecule has 0 N–H and O–H groups in total. The molecule has 2 aliphatic rings. The van der Waals surface area contributed by atoms with Gasteiger partial charge in [-0.25, -0.2) is 4.79 Å². The third kappa shape index (κ3) is 5.33. The summed E-state index contributed by atoms with van der Waals surface area (Å²) in [6.45, 7) is 7.51. The average molecular weight is 496 g/mol. The van der Waals surface area contributed by atoms with Crippen LogP contribution in [0.15, 0.2) is 35.1 Å². The predicted molar refractivity (Wildman–Crippen MR) is 137 cm³/mol. The van der Waals surface area contributed by atoms with E-state index in [4.69, 9.17) is 9.47 Å². The molecule has 8 heteroatoms.